The molecule has 0 aliphatic carbocycles. The number of hydrogen-bond acceptors (Lipinski definition) is 5. The Morgan fingerprint density at radius 2 is 2.04 bits per heavy atom. The van der Waals surface area contributed by atoms with Crippen molar-refractivity contribution in [3.8, 4) is 0 Å². The highest BCUT2D eigenvalue weighted by Crippen LogP contribution is 2.13. The van der Waals surface area contributed by atoms with Crippen LogP contribution in [0.3, 0.4) is 0 Å². The second-order valence-electron chi connectivity index (χ2n) is 6.62. The van der Waals surface area contributed by atoms with E-state index in [9.17, 15) is 0 Å². The molecule has 28 heavy (non-hydrogen) atoms. The van der Waals surface area contributed by atoms with Crippen molar-refractivity contribution in [1.29, 1.82) is 0 Å². The predicted octanol–water partition coefficient (Wildman–Crippen LogP) is 1.87. The minimum Gasteiger partial charge on any atom is -0.380 e. The summed E-state index contributed by atoms with van der Waals surface area (Å²) in [4.78, 5) is 8.87. The molecule has 1 unspecified atom stereocenters. The van der Waals surface area contributed by atoms with E-state index in [-0.39, 0.29) is 30.0 Å². The van der Waals surface area contributed by atoms with Crippen LogP contribution in [-0.2, 0) is 42.2 Å². The number of benzene rings is 1. The number of guanidine groups is 1. The van der Waals surface area contributed by atoms with Gasteiger partial charge >= 0.3 is 0 Å². The SMILES string of the molecule is CN=C(NCc1cccc(COC)c1)NC1CCc2nc(COC)nn2C1.I. The van der Waals surface area contributed by atoms with Crippen LogP contribution in [0.5, 0.6) is 0 Å². The Bertz CT molecular complexity index is 780. The summed E-state index contributed by atoms with van der Waals surface area (Å²) in [6.45, 7) is 2.55. The quantitative estimate of drug-likeness (QED) is 0.343. The number of aryl methyl sites for hydroxylation is 1. The number of hydrogen-bond donors (Lipinski definition) is 2. The molecule has 0 bridgehead atoms. The van der Waals surface area contributed by atoms with Crippen LogP contribution in [0.25, 0.3) is 0 Å². The minimum atomic E-state index is 0. The van der Waals surface area contributed by atoms with Crippen molar-refractivity contribution in [3.63, 3.8) is 0 Å². The van der Waals surface area contributed by atoms with E-state index in [1.54, 1.807) is 21.3 Å². The lowest BCUT2D eigenvalue weighted by atomic mass is 10.1. The van der Waals surface area contributed by atoms with Crippen LogP contribution in [-0.4, -0.2) is 48.0 Å². The molecule has 1 aromatic heterocycles. The molecular weight excluding hydrogens is 471 g/mol. The van der Waals surface area contributed by atoms with Crippen molar-refractivity contribution >= 4 is 29.9 Å². The molecule has 2 N–H and O–H groups in total. The number of aromatic nitrogens is 3. The molecule has 0 saturated heterocycles. The van der Waals surface area contributed by atoms with Gasteiger partial charge < -0.3 is 20.1 Å². The van der Waals surface area contributed by atoms with Gasteiger partial charge in [0.15, 0.2) is 11.8 Å². The van der Waals surface area contributed by atoms with Gasteiger partial charge in [0.2, 0.25) is 0 Å². The van der Waals surface area contributed by atoms with E-state index in [1.165, 1.54) is 5.56 Å². The number of nitrogens with one attached hydrogen (secondary N) is 2. The van der Waals surface area contributed by atoms with Crippen molar-refractivity contribution in [2.75, 3.05) is 21.3 Å². The van der Waals surface area contributed by atoms with Crippen LogP contribution < -0.4 is 10.6 Å². The highest BCUT2D eigenvalue weighted by Gasteiger charge is 2.22. The van der Waals surface area contributed by atoms with Crippen LogP contribution in [0.1, 0.15) is 29.2 Å². The smallest absolute Gasteiger partial charge is 0.191 e. The molecule has 0 spiro atoms. The summed E-state index contributed by atoms with van der Waals surface area (Å²) in [6, 6.07) is 8.62. The molecule has 2 heterocycles. The molecule has 1 aromatic carbocycles. The maximum absolute atomic E-state index is 5.20. The fourth-order valence-electron chi connectivity index (χ4n) is 3.24. The summed E-state index contributed by atoms with van der Waals surface area (Å²) in [7, 11) is 5.15. The molecule has 1 aliphatic heterocycles. The number of halogens is 1. The van der Waals surface area contributed by atoms with Gasteiger partial charge in [0, 0.05) is 40.3 Å². The average molecular weight is 500 g/mol. The molecule has 2 aromatic rings. The minimum absolute atomic E-state index is 0. The average Bonchev–Trinajstić information content (AvgIpc) is 3.07. The first-order valence-electron chi connectivity index (χ1n) is 9.17. The molecule has 1 aliphatic rings. The topological polar surface area (TPSA) is 85.6 Å². The Morgan fingerprint density at radius 3 is 2.79 bits per heavy atom. The predicted molar refractivity (Wildman–Crippen MR) is 119 cm³/mol. The summed E-state index contributed by atoms with van der Waals surface area (Å²) in [5.41, 5.74) is 2.36. The van der Waals surface area contributed by atoms with Gasteiger partial charge in [0.1, 0.15) is 12.4 Å². The van der Waals surface area contributed by atoms with E-state index >= 15 is 0 Å². The Morgan fingerprint density at radius 1 is 1.25 bits per heavy atom. The number of nitrogens with zero attached hydrogens (tertiary/aromatic N) is 4. The number of fused-ring (bicyclic) bond motifs is 1. The summed E-state index contributed by atoms with van der Waals surface area (Å²) >= 11 is 0. The van der Waals surface area contributed by atoms with E-state index in [2.05, 4.69) is 43.9 Å². The van der Waals surface area contributed by atoms with Crippen molar-refractivity contribution in [2.45, 2.75) is 45.2 Å². The molecule has 3 rings (SSSR count). The number of ether oxygens (including phenoxy) is 2. The van der Waals surface area contributed by atoms with Crippen LogP contribution >= 0.6 is 24.0 Å². The monoisotopic (exact) mass is 500 g/mol. The second-order valence-corrected chi connectivity index (χ2v) is 6.62. The lowest BCUT2D eigenvalue weighted by Crippen LogP contribution is -2.46. The van der Waals surface area contributed by atoms with E-state index in [4.69, 9.17) is 9.47 Å². The first-order chi connectivity index (χ1) is 13.2. The molecule has 0 amide bonds. The lowest BCUT2D eigenvalue weighted by Gasteiger charge is -2.25. The Hall–Kier alpha value is -1.72. The largest absolute Gasteiger partial charge is 0.380 e. The van der Waals surface area contributed by atoms with Gasteiger partial charge in [0.05, 0.1) is 13.2 Å². The van der Waals surface area contributed by atoms with E-state index in [0.717, 1.165) is 42.6 Å². The molecule has 0 fully saturated rings. The fourth-order valence-corrected chi connectivity index (χ4v) is 3.24. The van der Waals surface area contributed by atoms with Gasteiger partial charge in [-0.25, -0.2) is 9.67 Å². The Labute approximate surface area is 183 Å². The molecular formula is C19H29IN6O2. The first kappa shape index (κ1) is 22.6. The van der Waals surface area contributed by atoms with Crippen molar-refractivity contribution < 1.29 is 9.47 Å². The molecule has 154 valence electrons. The van der Waals surface area contributed by atoms with Crippen LogP contribution in [0.2, 0.25) is 0 Å². The molecule has 0 radical (unpaired) electrons. The number of aliphatic imine (C=N–C) groups is 1. The van der Waals surface area contributed by atoms with E-state index in [0.29, 0.717) is 19.8 Å². The molecule has 8 nitrogen and oxygen atoms in total. The lowest BCUT2D eigenvalue weighted by molar-refractivity contribution is 0.177. The van der Waals surface area contributed by atoms with Gasteiger partial charge in [-0.15, -0.1) is 24.0 Å². The van der Waals surface area contributed by atoms with Crippen molar-refractivity contribution in [1.82, 2.24) is 25.4 Å². The van der Waals surface area contributed by atoms with Gasteiger partial charge in [-0.2, -0.15) is 5.10 Å². The Balaban J connectivity index is 0.00000280. The van der Waals surface area contributed by atoms with Crippen LogP contribution in [0, 0.1) is 0 Å². The van der Waals surface area contributed by atoms with Crippen LogP contribution in [0.15, 0.2) is 29.3 Å². The fraction of sp³-hybridized carbons (Fsp3) is 0.526. The molecule has 0 saturated carbocycles. The zero-order chi connectivity index (χ0) is 19.1. The third-order valence-corrected chi connectivity index (χ3v) is 4.50. The molecule has 9 heteroatoms. The maximum Gasteiger partial charge on any atom is 0.191 e. The summed E-state index contributed by atoms with van der Waals surface area (Å²) < 4.78 is 12.3. The van der Waals surface area contributed by atoms with Crippen molar-refractivity contribution in [2.24, 2.45) is 4.99 Å². The second kappa shape index (κ2) is 11.3. The Kier molecular flexibility index (Phi) is 9.13. The summed E-state index contributed by atoms with van der Waals surface area (Å²) in [5, 5.41) is 11.4. The van der Waals surface area contributed by atoms with Crippen molar-refractivity contribution in [3.05, 3.63) is 47.0 Å². The van der Waals surface area contributed by atoms with E-state index in [1.807, 2.05) is 10.7 Å². The van der Waals surface area contributed by atoms with Gasteiger partial charge in [-0.05, 0) is 17.5 Å². The first-order valence-corrected chi connectivity index (χ1v) is 9.17. The zero-order valence-corrected chi connectivity index (χ0v) is 19.0. The van der Waals surface area contributed by atoms with Crippen LogP contribution in [0.4, 0.5) is 0 Å². The van der Waals surface area contributed by atoms with Gasteiger partial charge in [-0.3, -0.25) is 4.99 Å². The number of rotatable bonds is 7. The third kappa shape index (κ3) is 6.14. The maximum atomic E-state index is 5.20. The normalized spacial score (nSPS) is 16.2. The van der Waals surface area contributed by atoms with Gasteiger partial charge in [0.25, 0.3) is 0 Å². The summed E-state index contributed by atoms with van der Waals surface area (Å²) in [5.74, 6) is 2.56. The highest BCUT2D eigenvalue weighted by molar-refractivity contribution is 14.0. The van der Waals surface area contributed by atoms with Gasteiger partial charge in [-0.1, -0.05) is 24.3 Å². The van der Waals surface area contributed by atoms with E-state index < -0.39 is 0 Å². The third-order valence-electron chi connectivity index (χ3n) is 4.50. The standard InChI is InChI=1S/C19H28N6O2.HI/c1-20-19(21-10-14-5-4-6-15(9-14)12-26-2)22-16-7-8-18-23-17(13-27-3)24-25(18)11-16;/h4-6,9,16H,7-8,10-13H2,1-3H3,(H2,20,21,22);1H. The number of methoxy groups -OCH3 is 2. The molecule has 1 atom stereocenters. The zero-order valence-electron chi connectivity index (χ0n) is 16.6. The highest BCUT2D eigenvalue weighted by atomic mass is 127. The summed E-state index contributed by atoms with van der Waals surface area (Å²) in [6.07, 6.45) is 1.89.